The summed E-state index contributed by atoms with van der Waals surface area (Å²) in [4.78, 5) is 0. The van der Waals surface area contributed by atoms with Crippen LogP contribution in [0.3, 0.4) is 0 Å². The van der Waals surface area contributed by atoms with Crippen molar-refractivity contribution < 1.29 is 14.6 Å². The van der Waals surface area contributed by atoms with Crippen LogP contribution in [0.5, 0.6) is 11.5 Å². The Morgan fingerprint density at radius 2 is 1.73 bits per heavy atom. The third kappa shape index (κ3) is 1.56. The van der Waals surface area contributed by atoms with Gasteiger partial charge in [-0.1, -0.05) is 6.07 Å². The lowest BCUT2D eigenvalue weighted by atomic mass is 9.87. The minimum Gasteiger partial charge on any atom is -0.496 e. The van der Waals surface area contributed by atoms with E-state index in [0.29, 0.717) is 24.6 Å². The van der Waals surface area contributed by atoms with E-state index in [0.717, 1.165) is 5.56 Å². The van der Waals surface area contributed by atoms with Gasteiger partial charge in [0.2, 0.25) is 0 Å². The van der Waals surface area contributed by atoms with Crippen molar-refractivity contribution in [3.63, 3.8) is 0 Å². The molecule has 0 amide bonds. The van der Waals surface area contributed by atoms with E-state index in [9.17, 15) is 5.11 Å². The van der Waals surface area contributed by atoms with Crippen LogP contribution in [0.25, 0.3) is 0 Å². The Labute approximate surface area is 88.8 Å². The molecule has 0 unspecified atom stereocenters. The van der Waals surface area contributed by atoms with Crippen molar-refractivity contribution in [1.29, 1.82) is 0 Å². The molecule has 1 aliphatic heterocycles. The van der Waals surface area contributed by atoms with E-state index in [4.69, 9.17) is 9.47 Å². The fourth-order valence-electron chi connectivity index (χ4n) is 1.85. The Hall–Kier alpha value is -1.26. The van der Waals surface area contributed by atoms with Crippen LogP contribution in [0, 0.1) is 0 Å². The van der Waals surface area contributed by atoms with E-state index in [1.165, 1.54) is 0 Å². The summed E-state index contributed by atoms with van der Waals surface area (Å²) >= 11 is 0. The minimum absolute atomic E-state index is 0.531. The van der Waals surface area contributed by atoms with E-state index in [-0.39, 0.29) is 0 Å². The zero-order valence-electron chi connectivity index (χ0n) is 8.91. The standard InChI is InChI=1S/C11H15NO3/c1-14-8-4-3-5-9(15-2)10(8)11(13)6-12-7-11/h3-5,12-13H,6-7H2,1-2H3. The van der Waals surface area contributed by atoms with Crippen molar-refractivity contribution in [3.8, 4) is 11.5 Å². The second-order valence-electron chi connectivity index (χ2n) is 3.67. The summed E-state index contributed by atoms with van der Waals surface area (Å²) in [5, 5.41) is 13.3. The number of nitrogens with one attached hydrogen (secondary N) is 1. The molecule has 1 aromatic rings. The zero-order valence-corrected chi connectivity index (χ0v) is 8.91. The molecule has 0 aliphatic carbocycles. The van der Waals surface area contributed by atoms with Crippen molar-refractivity contribution in [2.24, 2.45) is 0 Å². The predicted molar refractivity (Wildman–Crippen MR) is 56.3 cm³/mol. The van der Waals surface area contributed by atoms with Crippen molar-refractivity contribution in [2.45, 2.75) is 5.60 Å². The largest absolute Gasteiger partial charge is 0.496 e. The first kappa shape index (κ1) is 10.3. The minimum atomic E-state index is -0.863. The third-order valence-electron chi connectivity index (χ3n) is 2.73. The fourth-order valence-corrected chi connectivity index (χ4v) is 1.85. The van der Waals surface area contributed by atoms with Crippen LogP contribution in [-0.4, -0.2) is 32.4 Å². The van der Waals surface area contributed by atoms with Crippen LogP contribution >= 0.6 is 0 Å². The summed E-state index contributed by atoms with van der Waals surface area (Å²) in [6.07, 6.45) is 0. The monoisotopic (exact) mass is 209 g/mol. The molecular weight excluding hydrogens is 194 g/mol. The molecule has 1 aliphatic rings. The summed E-state index contributed by atoms with van der Waals surface area (Å²) in [7, 11) is 3.18. The normalized spacial score (nSPS) is 18.1. The highest BCUT2D eigenvalue weighted by molar-refractivity contribution is 5.50. The maximum atomic E-state index is 10.3. The van der Waals surface area contributed by atoms with Gasteiger partial charge in [-0.25, -0.2) is 0 Å². The zero-order chi connectivity index (χ0) is 10.9. The maximum absolute atomic E-state index is 10.3. The van der Waals surface area contributed by atoms with Crippen LogP contribution < -0.4 is 14.8 Å². The lowest BCUT2D eigenvalue weighted by Crippen LogP contribution is -2.56. The van der Waals surface area contributed by atoms with Gasteiger partial charge in [0, 0.05) is 13.1 Å². The Morgan fingerprint density at radius 3 is 2.07 bits per heavy atom. The molecule has 0 atom stereocenters. The van der Waals surface area contributed by atoms with Crippen molar-refractivity contribution >= 4 is 0 Å². The molecule has 4 heteroatoms. The van der Waals surface area contributed by atoms with Crippen molar-refractivity contribution in [2.75, 3.05) is 27.3 Å². The molecule has 0 aromatic heterocycles. The molecule has 1 aromatic carbocycles. The van der Waals surface area contributed by atoms with Crippen LogP contribution in [0.4, 0.5) is 0 Å². The Morgan fingerprint density at radius 1 is 1.20 bits per heavy atom. The maximum Gasteiger partial charge on any atom is 0.128 e. The summed E-state index contributed by atoms with van der Waals surface area (Å²) in [6.45, 7) is 1.06. The quantitative estimate of drug-likeness (QED) is 0.761. The van der Waals surface area contributed by atoms with E-state index in [2.05, 4.69) is 5.32 Å². The predicted octanol–water partition coefficient (Wildman–Crippen LogP) is 0.495. The highest BCUT2D eigenvalue weighted by Gasteiger charge is 2.41. The third-order valence-corrected chi connectivity index (χ3v) is 2.73. The molecule has 2 N–H and O–H groups in total. The number of ether oxygens (including phenoxy) is 2. The van der Waals surface area contributed by atoms with Crippen molar-refractivity contribution in [1.82, 2.24) is 5.32 Å². The molecule has 15 heavy (non-hydrogen) atoms. The lowest BCUT2D eigenvalue weighted by molar-refractivity contribution is -0.0183. The van der Waals surface area contributed by atoms with Crippen LogP contribution in [0.15, 0.2) is 18.2 Å². The number of aliphatic hydroxyl groups is 1. The second kappa shape index (κ2) is 3.72. The smallest absolute Gasteiger partial charge is 0.128 e. The summed E-state index contributed by atoms with van der Waals surface area (Å²) in [5.41, 5.74) is -0.133. The highest BCUT2D eigenvalue weighted by Crippen LogP contribution is 2.39. The molecule has 0 spiro atoms. The van der Waals surface area contributed by atoms with Crippen LogP contribution in [0.1, 0.15) is 5.56 Å². The van der Waals surface area contributed by atoms with Gasteiger partial charge in [-0.3, -0.25) is 0 Å². The first-order chi connectivity index (χ1) is 7.21. The van der Waals surface area contributed by atoms with Gasteiger partial charge in [-0.05, 0) is 12.1 Å². The second-order valence-corrected chi connectivity index (χ2v) is 3.67. The number of rotatable bonds is 3. The average molecular weight is 209 g/mol. The number of hydrogen-bond donors (Lipinski definition) is 2. The number of hydrogen-bond acceptors (Lipinski definition) is 4. The van der Waals surface area contributed by atoms with Gasteiger partial charge >= 0.3 is 0 Å². The van der Waals surface area contributed by atoms with E-state index >= 15 is 0 Å². The van der Waals surface area contributed by atoms with Gasteiger partial charge in [0.05, 0.1) is 19.8 Å². The molecule has 82 valence electrons. The van der Waals surface area contributed by atoms with Crippen LogP contribution in [0.2, 0.25) is 0 Å². The molecule has 1 saturated heterocycles. The van der Waals surface area contributed by atoms with Gasteiger partial charge in [0.15, 0.2) is 0 Å². The number of β-amino-alcohol motifs (C(OH)–C–C–N with tert-alkyl or cyclic N) is 1. The molecular formula is C11H15NO3. The van der Waals surface area contributed by atoms with Gasteiger partial charge < -0.3 is 19.9 Å². The van der Waals surface area contributed by atoms with E-state index < -0.39 is 5.60 Å². The molecule has 0 radical (unpaired) electrons. The van der Waals surface area contributed by atoms with E-state index in [1.807, 2.05) is 18.2 Å². The molecule has 4 nitrogen and oxygen atoms in total. The SMILES string of the molecule is COc1cccc(OC)c1C1(O)CNC1. The molecule has 0 bridgehead atoms. The number of methoxy groups -OCH3 is 2. The lowest BCUT2D eigenvalue weighted by Gasteiger charge is -2.39. The summed E-state index contributed by atoms with van der Waals surface area (Å²) in [5.74, 6) is 1.33. The average Bonchev–Trinajstić information content (AvgIpc) is 2.24. The van der Waals surface area contributed by atoms with Crippen LogP contribution in [-0.2, 0) is 5.60 Å². The molecule has 0 saturated carbocycles. The summed E-state index contributed by atoms with van der Waals surface area (Å²) < 4.78 is 10.5. The Bertz CT molecular complexity index is 339. The van der Waals surface area contributed by atoms with Gasteiger partial charge in [0.25, 0.3) is 0 Å². The van der Waals surface area contributed by atoms with Gasteiger partial charge in [-0.2, -0.15) is 0 Å². The summed E-state index contributed by atoms with van der Waals surface area (Å²) in [6, 6.07) is 5.50. The van der Waals surface area contributed by atoms with Gasteiger partial charge in [0.1, 0.15) is 17.1 Å². The fraction of sp³-hybridized carbons (Fsp3) is 0.455. The highest BCUT2D eigenvalue weighted by atomic mass is 16.5. The van der Waals surface area contributed by atoms with Gasteiger partial charge in [-0.15, -0.1) is 0 Å². The Kier molecular flexibility index (Phi) is 2.54. The molecule has 1 heterocycles. The first-order valence-electron chi connectivity index (χ1n) is 4.86. The van der Waals surface area contributed by atoms with Crippen molar-refractivity contribution in [3.05, 3.63) is 23.8 Å². The van der Waals surface area contributed by atoms with E-state index in [1.54, 1.807) is 14.2 Å². The number of benzene rings is 1. The first-order valence-corrected chi connectivity index (χ1v) is 4.86. The molecule has 2 rings (SSSR count). The Balaban J connectivity index is 2.50. The topological polar surface area (TPSA) is 50.7 Å². The molecule has 1 fully saturated rings.